The highest BCUT2D eigenvalue weighted by atomic mass is 16.6. The molecule has 0 bridgehead atoms. The van der Waals surface area contributed by atoms with Gasteiger partial charge in [-0.2, -0.15) is 0 Å². The van der Waals surface area contributed by atoms with Crippen molar-refractivity contribution in [1.29, 1.82) is 0 Å². The summed E-state index contributed by atoms with van der Waals surface area (Å²) in [6.45, 7) is 3.84. The van der Waals surface area contributed by atoms with Gasteiger partial charge in [-0.05, 0) is 47.5 Å². The summed E-state index contributed by atoms with van der Waals surface area (Å²) in [5.74, 6) is 0.936. The van der Waals surface area contributed by atoms with Crippen LogP contribution in [0.15, 0.2) is 60.7 Å². The Labute approximate surface area is 317 Å². The number of esters is 3. The Morgan fingerprint density at radius 1 is 0.509 bits per heavy atom. The van der Waals surface area contributed by atoms with Gasteiger partial charge in [0.25, 0.3) is 0 Å². The summed E-state index contributed by atoms with van der Waals surface area (Å²) >= 11 is 0. The van der Waals surface area contributed by atoms with E-state index < -0.39 is 54.5 Å². The third-order valence-corrected chi connectivity index (χ3v) is 9.68. The molecule has 7 rings (SSSR count). The van der Waals surface area contributed by atoms with E-state index in [-0.39, 0.29) is 17.2 Å². The fourth-order valence-corrected chi connectivity index (χ4v) is 7.42. The lowest BCUT2D eigenvalue weighted by Crippen LogP contribution is -2.42. The molecule has 3 aliphatic heterocycles. The van der Waals surface area contributed by atoms with Crippen molar-refractivity contribution < 1.29 is 66.5 Å². The zero-order valence-electron chi connectivity index (χ0n) is 31.5. The van der Waals surface area contributed by atoms with Gasteiger partial charge in [-0.25, -0.2) is 0 Å². The van der Waals surface area contributed by atoms with Gasteiger partial charge < -0.3 is 52.1 Å². The fourth-order valence-electron chi connectivity index (χ4n) is 7.42. The molecular formula is C41H40O14. The Morgan fingerprint density at radius 2 is 1.02 bits per heavy atom. The second kappa shape index (κ2) is 14.8. The van der Waals surface area contributed by atoms with Gasteiger partial charge in [-0.1, -0.05) is 24.3 Å². The minimum absolute atomic E-state index is 0.153. The number of carbonyl (C=O) groups is 3. The number of rotatable bonds is 10. The van der Waals surface area contributed by atoms with Crippen LogP contribution in [-0.4, -0.2) is 65.7 Å². The highest BCUT2D eigenvalue weighted by Gasteiger charge is 2.52. The van der Waals surface area contributed by atoms with Gasteiger partial charge in [0.1, 0.15) is 11.5 Å². The number of fused-ring (bicyclic) bond motifs is 3. The molecule has 0 saturated heterocycles. The molecule has 55 heavy (non-hydrogen) atoms. The van der Waals surface area contributed by atoms with Crippen molar-refractivity contribution in [2.75, 3.05) is 35.5 Å². The van der Waals surface area contributed by atoms with Crippen LogP contribution in [0, 0.1) is 0 Å². The van der Waals surface area contributed by atoms with E-state index >= 15 is 0 Å². The number of hydrogen-bond donors (Lipinski definition) is 0. The van der Waals surface area contributed by atoms with Crippen LogP contribution in [0.2, 0.25) is 0 Å². The number of methoxy groups -OCH3 is 5. The lowest BCUT2D eigenvalue weighted by Gasteiger charge is -2.44. The molecule has 6 atom stereocenters. The summed E-state index contributed by atoms with van der Waals surface area (Å²) in [6, 6.07) is 17.7. The molecular weight excluding hydrogens is 716 g/mol. The molecule has 0 amide bonds. The Balaban J connectivity index is 1.48. The molecule has 0 unspecified atom stereocenters. The molecule has 3 aliphatic rings. The average molecular weight is 757 g/mol. The zero-order chi connectivity index (χ0) is 39.1. The SMILES string of the molecule is COc1ccc([C@H]2Oc3c(cc4c(c3OC)O[C@H]3c5c-4cc(OC)c(OC)c5O[C@H](c4ccc(OC)cc4)[C@@H]3OC(C)=O)[C@@H](OC(C)=O)[C@H]2OC(C)=O)cc1. The first-order valence-corrected chi connectivity index (χ1v) is 17.3. The molecule has 0 spiro atoms. The van der Waals surface area contributed by atoms with Gasteiger partial charge in [0.05, 0.1) is 41.1 Å². The molecule has 4 aromatic rings. The quantitative estimate of drug-likeness (QED) is 0.127. The minimum atomic E-state index is -1.16. The van der Waals surface area contributed by atoms with Crippen LogP contribution in [0.25, 0.3) is 11.1 Å². The maximum atomic E-state index is 12.8. The van der Waals surface area contributed by atoms with E-state index in [9.17, 15) is 14.4 Å². The van der Waals surface area contributed by atoms with E-state index in [1.165, 1.54) is 42.1 Å². The Morgan fingerprint density at radius 3 is 1.53 bits per heavy atom. The molecule has 14 heteroatoms. The van der Waals surface area contributed by atoms with E-state index in [1.807, 2.05) is 12.1 Å². The van der Waals surface area contributed by atoms with Crippen molar-refractivity contribution in [3.63, 3.8) is 0 Å². The highest BCUT2D eigenvalue weighted by molar-refractivity contribution is 5.87. The first kappa shape index (κ1) is 37.0. The van der Waals surface area contributed by atoms with Crippen molar-refractivity contribution >= 4 is 17.9 Å². The smallest absolute Gasteiger partial charge is 0.303 e. The Kier molecular flexibility index (Phi) is 9.99. The summed E-state index contributed by atoms with van der Waals surface area (Å²) in [7, 11) is 7.56. The van der Waals surface area contributed by atoms with Crippen molar-refractivity contribution in [2.45, 2.75) is 57.4 Å². The van der Waals surface area contributed by atoms with Crippen molar-refractivity contribution in [2.24, 2.45) is 0 Å². The molecule has 3 heterocycles. The van der Waals surface area contributed by atoms with Crippen LogP contribution in [0.1, 0.15) is 67.4 Å². The van der Waals surface area contributed by atoms with E-state index in [1.54, 1.807) is 62.8 Å². The van der Waals surface area contributed by atoms with Crippen molar-refractivity contribution in [3.05, 3.63) is 82.9 Å². The molecule has 288 valence electrons. The van der Waals surface area contributed by atoms with Gasteiger partial charge in [0.2, 0.25) is 11.5 Å². The molecule has 0 saturated carbocycles. The Hall–Kier alpha value is -6.31. The van der Waals surface area contributed by atoms with E-state index in [0.717, 1.165) is 0 Å². The van der Waals surface area contributed by atoms with E-state index in [4.69, 9.17) is 52.1 Å². The van der Waals surface area contributed by atoms with Gasteiger partial charge in [0.15, 0.2) is 59.6 Å². The molecule has 0 aliphatic carbocycles. The number of benzene rings is 4. The summed E-state index contributed by atoms with van der Waals surface area (Å²) in [6.07, 6.45) is -6.10. The highest BCUT2D eigenvalue weighted by Crippen LogP contribution is 2.63. The van der Waals surface area contributed by atoms with Gasteiger partial charge >= 0.3 is 17.9 Å². The number of carbonyl (C=O) groups excluding carboxylic acids is 3. The number of hydrogen-bond acceptors (Lipinski definition) is 14. The summed E-state index contributed by atoms with van der Waals surface area (Å²) < 4.78 is 66.7. The average Bonchev–Trinajstić information content (AvgIpc) is 3.18. The molecule has 4 aromatic carbocycles. The molecule has 0 aromatic heterocycles. The first-order valence-electron chi connectivity index (χ1n) is 17.3. The topological polar surface area (TPSA) is 153 Å². The predicted molar refractivity (Wildman–Crippen MR) is 193 cm³/mol. The van der Waals surface area contributed by atoms with Gasteiger partial charge in [-0.15, -0.1) is 0 Å². The third kappa shape index (κ3) is 6.51. The lowest BCUT2D eigenvalue weighted by atomic mass is 9.82. The first-order chi connectivity index (χ1) is 26.5. The zero-order valence-corrected chi connectivity index (χ0v) is 31.5. The van der Waals surface area contributed by atoms with Crippen molar-refractivity contribution in [3.8, 4) is 57.1 Å². The summed E-state index contributed by atoms with van der Waals surface area (Å²) in [5.41, 5.74) is 3.16. The van der Waals surface area contributed by atoms with E-state index in [2.05, 4.69) is 0 Å². The molecule has 0 N–H and O–H groups in total. The second-order valence-electron chi connectivity index (χ2n) is 12.9. The molecule has 14 nitrogen and oxygen atoms in total. The summed E-state index contributed by atoms with van der Waals surface area (Å²) in [4.78, 5) is 38.1. The standard InChI is InChI=1S/C41H40O14/c1-19(42)50-35-28-17-27-26-18-29(47-6)36(48-7)37-30(26)38(41(52-21(3)44)32(54-37)23-11-15-25(46-5)16-12-23)55-33(27)39(49-8)34(28)53-31(40(35)51-20(2)43)22-9-13-24(45-4)14-10-22/h9-18,31-32,35,38,40-41H,1-8H3/t31-,32-,35-,38+,40+,41+/m1/s1. The van der Waals surface area contributed by atoms with Crippen LogP contribution in [0.5, 0.6) is 46.0 Å². The Bertz CT molecular complexity index is 2130. The van der Waals surface area contributed by atoms with Crippen LogP contribution >= 0.6 is 0 Å². The lowest BCUT2D eigenvalue weighted by molar-refractivity contribution is -0.178. The third-order valence-electron chi connectivity index (χ3n) is 9.68. The predicted octanol–water partition coefficient (Wildman–Crippen LogP) is 6.57. The molecule has 0 fully saturated rings. The largest absolute Gasteiger partial charge is 0.497 e. The maximum Gasteiger partial charge on any atom is 0.303 e. The van der Waals surface area contributed by atoms with Crippen molar-refractivity contribution in [1.82, 2.24) is 0 Å². The van der Waals surface area contributed by atoms with E-state index in [0.29, 0.717) is 62.1 Å². The monoisotopic (exact) mass is 756 g/mol. The van der Waals surface area contributed by atoms with Crippen LogP contribution < -0.4 is 37.9 Å². The van der Waals surface area contributed by atoms with Gasteiger partial charge in [-0.3, -0.25) is 14.4 Å². The van der Waals surface area contributed by atoms with Crippen LogP contribution in [0.3, 0.4) is 0 Å². The van der Waals surface area contributed by atoms with Gasteiger partial charge in [0, 0.05) is 37.5 Å². The number of ether oxygens (including phenoxy) is 11. The summed E-state index contributed by atoms with van der Waals surface area (Å²) in [5, 5.41) is 0. The maximum absolute atomic E-state index is 12.8. The van der Waals surface area contributed by atoms with Crippen LogP contribution in [-0.2, 0) is 28.6 Å². The molecule has 0 radical (unpaired) electrons. The second-order valence-corrected chi connectivity index (χ2v) is 12.9. The normalized spacial score (nSPS) is 21.4. The minimum Gasteiger partial charge on any atom is -0.497 e. The van der Waals surface area contributed by atoms with Crippen LogP contribution in [0.4, 0.5) is 0 Å². The fraction of sp³-hybridized carbons (Fsp3) is 0.341.